The molecule has 2 aromatic rings. The lowest BCUT2D eigenvalue weighted by Crippen LogP contribution is -2.59. The molecule has 2 saturated heterocycles. The maximum absolute atomic E-state index is 13.9. The van der Waals surface area contributed by atoms with Gasteiger partial charge in [-0.2, -0.15) is 0 Å². The number of imide groups is 1. The van der Waals surface area contributed by atoms with Crippen molar-refractivity contribution in [3.63, 3.8) is 0 Å². The molecule has 5 atom stereocenters. The van der Waals surface area contributed by atoms with E-state index in [0.29, 0.717) is 33.6 Å². The first-order valence-corrected chi connectivity index (χ1v) is 12.3. The second kappa shape index (κ2) is 9.28. The smallest absolute Gasteiger partial charge is 0.325 e. The van der Waals surface area contributed by atoms with Crippen LogP contribution < -0.4 is 19.7 Å². The van der Waals surface area contributed by atoms with Crippen LogP contribution in [0.2, 0.25) is 0 Å². The van der Waals surface area contributed by atoms with E-state index in [2.05, 4.69) is 21.2 Å². The van der Waals surface area contributed by atoms with Crippen molar-refractivity contribution in [2.75, 3.05) is 19.1 Å². The minimum Gasteiger partial charge on any atom is -0.493 e. The quantitative estimate of drug-likeness (QED) is 0.505. The van der Waals surface area contributed by atoms with Crippen molar-refractivity contribution >= 4 is 39.4 Å². The van der Waals surface area contributed by atoms with Crippen molar-refractivity contribution in [2.45, 2.75) is 38.8 Å². The number of rotatable bonds is 7. The fourth-order valence-electron chi connectivity index (χ4n) is 5.58. The number of amides is 2. The van der Waals surface area contributed by atoms with E-state index in [-0.39, 0.29) is 0 Å². The number of carbonyl (C=O) groups is 3. The molecule has 4 rings (SSSR count). The topological polar surface area (TPSA) is 105 Å². The molecule has 186 valence electrons. The van der Waals surface area contributed by atoms with E-state index in [9.17, 15) is 19.5 Å². The number of nitrogens with one attached hydrogen (secondary N) is 1. The third-order valence-corrected chi connectivity index (χ3v) is 8.10. The lowest BCUT2D eigenvalue weighted by atomic mass is 9.72. The number of anilines is 1. The number of fused-ring (bicyclic) bond motifs is 1. The summed E-state index contributed by atoms with van der Waals surface area (Å²) in [7, 11) is 3.02. The molecule has 35 heavy (non-hydrogen) atoms. The first-order chi connectivity index (χ1) is 16.6. The van der Waals surface area contributed by atoms with E-state index in [1.54, 1.807) is 31.2 Å². The largest absolute Gasteiger partial charge is 0.493 e. The van der Waals surface area contributed by atoms with Gasteiger partial charge in [0.05, 0.1) is 36.2 Å². The molecule has 2 aromatic carbocycles. The van der Waals surface area contributed by atoms with E-state index in [0.717, 1.165) is 5.56 Å². The zero-order valence-corrected chi connectivity index (χ0v) is 21.9. The van der Waals surface area contributed by atoms with Gasteiger partial charge in [-0.1, -0.05) is 38.5 Å². The first-order valence-electron chi connectivity index (χ1n) is 11.5. The Morgan fingerprint density at radius 1 is 1.20 bits per heavy atom. The molecule has 0 saturated carbocycles. The van der Waals surface area contributed by atoms with Crippen LogP contribution in [0.1, 0.15) is 37.4 Å². The molecule has 0 radical (unpaired) electrons. The summed E-state index contributed by atoms with van der Waals surface area (Å²) in [5.41, 5.74) is 0.252. The van der Waals surface area contributed by atoms with E-state index < -0.39 is 47.1 Å². The molecule has 9 heteroatoms. The van der Waals surface area contributed by atoms with Crippen LogP contribution in [0.15, 0.2) is 40.9 Å². The normalized spacial score (nSPS) is 26.6. The van der Waals surface area contributed by atoms with E-state index in [4.69, 9.17) is 9.47 Å². The van der Waals surface area contributed by atoms with E-state index >= 15 is 0 Å². The number of carboxylic acids is 1. The van der Waals surface area contributed by atoms with Gasteiger partial charge in [0.2, 0.25) is 11.8 Å². The second-order valence-electron chi connectivity index (χ2n) is 9.15. The summed E-state index contributed by atoms with van der Waals surface area (Å²) < 4.78 is 11.5. The summed E-state index contributed by atoms with van der Waals surface area (Å²) in [5, 5.41) is 13.8. The number of carbonyl (C=O) groups excluding carboxylic acids is 2. The molecule has 2 fully saturated rings. The Hall–Kier alpha value is -2.91. The predicted molar refractivity (Wildman–Crippen MR) is 134 cm³/mol. The monoisotopic (exact) mass is 544 g/mol. The zero-order chi connectivity index (χ0) is 25.7. The minimum atomic E-state index is -1.62. The van der Waals surface area contributed by atoms with Crippen LogP contribution in [0.4, 0.5) is 5.69 Å². The zero-order valence-electron chi connectivity index (χ0n) is 20.3. The summed E-state index contributed by atoms with van der Waals surface area (Å²) in [6, 6.07) is 9.90. The number of methoxy groups -OCH3 is 2. The molecular weight excluding hydrogens is 516 g/mol. The van der Waals surface area contributed by atoms with Gasteiger partial charge in [-0.3, -0.25) is 19.7 Å². The number of nitrogens with zero attached hydrogens (tertiary/aromatic N) is 1. The van der Waals surface area contributed by atoms with Crippen molar-refractivity contribution in [3.05, 3.63) is 52.0 Å². The highest BCUT2D eigenvalue weighted by Gasteiger charge is 2.70. The van der Waals surface area contributed by atoms with Crippen LogP contribution in [0.25, 0.3) is 0 Å². The number of aliphatic carboxylic acids is 1. The van der Waals surface area contributed by atoms with Crippen LogP contribution >= 0.6 is 15.9 Å². The van der Waals surface area contributed by atoms with Crippen molar-refractivity contribution in [1.82, 2.24) is 5.32 Å². The molecule has 2 amide bonds. The van der Waals surface area contributed by atoms with Gasteiger partial charge >= 0.3 is 5.97 Å². The molecule has 0 aromatic heterocycles. The number of ether oxygens (including phenoxy) is 2. The molecule has 2 aliphatic heterocycles. The fourth-order valence-corrected chi connectivity index (χ4v) is 6.20. The summed E-state index contributed by atoms with van der Waals surface area (Å²) in [6.07, 6.45) is 0.511. The average Bonchev–Trinajstić information content (AvgIpc) is 3.33. The van der Waals surface area contributed by atoms with Gasteiger partial charge in [-0.25, -0.2) is 4.90 Å². The fraction of sp³-hybridized carbons (Fsp3) is 0.423. The van der Waals surface area contributed by atoms with Gasteiger partial charge < -0.3 is 14.6 Å². The standard InChI is InChI=1S/C26H29BrN2O6/c1-6-14(3)26(25(32)33)20-19(23(30)29(24(20)31)17-10-8-7-9-13(17)2)21(28-26)15-11-16(27)22(35-5)18(12-15)34-4/h7-12,14,19-21,28H,6H2,1-5H3,(H,32,33). The Morgan fingerprint density at radius 3 is 2.46 bits per heavy atom. The van der Waals surface area contributed by atoms with Crippen LogP contribution in [0.3, 0.4) is 0 Å². The number of hydrogen-bond donors (Lipinski definition) is 2. The predicted octanol–water partition coefficient (Wildman–Crippen LogP) is 4.09. The molecule has 0 aliphatic carbocycles. The van der Waals surface area contributed by atoms with E-state index in [1.165, 1.54) is 19.1 Å². The van der Waals surface area contributed by atoms with Crippen LogP contribution in [-0.4, -0.2) is 42.6 Å². The highest BCUT2D eigenvalue weighted by atomic mass is 79.9. The second-order valence-corrected chi connectivity index (χ2v) is 10.00. The van der Waals surface area contributed by atoms with Crippen LogP contribution in [0, 0.1) is 24.7 Å². The van der Waals surface area contributed by atoms with Gasteiger partial charge in [-0.15, -0.1) is 0 Å². The van der Waals surface area contributed by atoms with E-state index in [1.807, 2.05) is 26.0 Å². The molecule has 8 nitrogen and oxygen atoms in total. The Kier molecular flexibility index (Phi) is 6.68. The number of halogens is 1. The van der Waals surface area contributed by atoms with Gasteiger partial charge in [0, 0.05) is 6.04 Å². The highest BCUT2D eigenvalue weighted by molar-refractivity contribution is 9.10. The Labute approximate surface area is 212 Å². The van der Waals surface area contributed by atoms with Gasteiger partial charge in [0.15, 0.2) is 11.5 Å². The molecule has 2 heterocycles. The average molecular weight is 545 g/mol. The first kappa shape index (κ1) is 25.2. The summed E-state index contributed by atoms with van der Waals surface area (Å²) in [6.45, 7) is 5.51. The number of para-hydroxylation sites is 1. The Balaban J connectivity index is 1.93. The lowest BCUT2D eigenvalue weighted by molar-refractivity contribution is -0.151. The Bertz CT molecular complexity index is 1200. The summed E-state index contributed by atoms with van der Waals surface area (Å²) in [4.78, 5) is 41.9. The third kappa shape index (κ3) is 3.63. The lowest BCUT2D eigenvalue weighted by Gasteiger charge is -2.36. The highest BCUT2D eigenvalue weighted by Crippen LogP contribution is 2.54. The minimum absolute atomic E-state index is 0.413. The number of carboxylic acid groups (broad SMARTS) is 1. The number of hydrogen-bond acceptors (Lipinski definition) is 6. The third-order valence-electron chi connectivity index (χ3n) is 7.51. The Morgan fingerprint density at radius 2 is 1.89 bits per heavy atom. The van der Waals surface area contributed by atoms with Crippen molar-refractivity contribution in [3.8, 4) is 11.5 Å². The summed E-state index contributed by atoms with van der Waals surface area (Å²) >= 11 is 3.49. The molecule has 0 spiro atoms. The number of aryl methyl sites for hydroxylation is 1. The molecule has 5 unspecified atom stereocenters. The van der Waals surface area contributed by atoms with Crippen LogP contribution in [0.5, 0.6) is 11.5 Å². The van der Waals surface area contributed by atoms with Gasteiger partial charge in [0.25, 0.3) is 0 Å². The maximum Gasteiger partial charge on any atom is 0.325 e. The van der Waals surface area contributed by atoms with Crippen molar-refractivity contribution in [1.29, 1.82) is 0 Å². The van der Waals surface area contributed by atoms with Gasteiger partial charge in [0.1, 0.15) is 5.54 Å². The van der Waals surface area contributed by atoms with Crippen molar-refractivity contribution in [2.24, 2.45) is 17.8 Å². The van der Waals surface area contributed by atoms with Crippen LogP contribution in [-0.2, 0) is 14.4 Å². The molecule has 2 N–H and O–H groups in total. The number of benzene rings is 2. The molecule has 0 bridgehead atoms. The van der Waals surface area contributed by atoms with Gasteiger partial charge in [-0.05, 0) is 58.1 Å². The molecule has 2 aliphatic rings. The SMILES string of the molecule is CCC(C)C1(C(=O)O)NC(c2cc(Br)c(OC)c(OC)c2)C2C(=O)N(c3ccccc3C)C(=O)C21. The summed E-state index contributed by atoms with van der Waals surface area (Å²) in [5.74, 6) is -3.54. The van der Waals surface area contributed by atoms with Crippen molar-refractivity contribution < 1.29 is 29.0 Å². The maximum atomic E-state index is 13.9. The molecular formula is C26H29BrN2O6.